The van der Waals surface area contributed by atoms with E-state index >= 15 is 0 Å². The monoisotopic (exact) mass is 293 g/mol. The number of aromatic carboxylic acids is 1. The summed E-state index contributed by atoms with van der Waals surface area (Å²) in [5, 5.41) is 11.7. The number of carboxylic acid groups (broad SMARTS) is 1. The molecule has 1 rings (SSSR count). The van der Waals surface area contributed by atoms with Crippen LogP contribution in [-0.4, -0.2) is 39.6 Å². The number of aromatic nitrogens is 1. The van der Waals surface area contributed by atoms with Crippen molar-refractivity contribution in [3.05, 3.63) is 24.0 Å². The molecule has 0 aliphatic heterocycles. The molecule has 0 aromatic carbocycles. The topological polar surface area (TPSA) is 82.5 Å². The first-order valence-electron chi connectivity index (χ1n) is 7.27. The van der Waals surface area contributed by atoms with Crippen LogP contribution in [0.3, 0.4) is 0 Å². The Hall–Kier alpha value is -2.11. The molecule has 1 aromatic rings. The number of hydrogen-bond donors (Lipinski definition) is 2. The number of carbonyl (C=O) groups excluding carboxylic acids is 1. The van der Waals surface area contributed by atoms with Crippen LogP contribution < -0.4 is 5.32 Å². The van der Waals surface area contributed by atoms with Crippen molar-refractivity contribution in [2.75, 3.05) is 11.9 Å². The van der Waals surface area contributed by atoms with E-state index < -0.39 is 5.97 Å². The number of rotatable bonds is 7. The molecule has 0 aliphatic rings. The molecule has 6 nitrogen and oxygen atoms in total. The Kier molecular flexibility index (Phi) is 6.65. The fraction of sp³-hybridized carbons (Fsp3) is 0.533. The highest BCUT2D eigenvalue weighted by Crippen LogP contribution is 2.15. The number of hydrogen-bond acceptors (Lipinski definition) is 3. The molecule has 0 fully saturated rings. The quantitative estimate of drug-likeness (QED) is 0.808. The first kappa shape index (κ1) is 16.9. The molecule has 6 heteroatoms. The van der Waals surface area contributed by atoms with Gasteiger partial charge in [-0.05, 0) is 31.9 Å². The van der Waals surface area contributed by atoms with Gasteiger partial charge in [-0.25, -0.2) is 14.6 Å². The molecule has 116 valence electrons. The van der Waals surface area contributed by atoms with E-state index in [4.69, 9.17) is 5.11 Å². The molecule has 2 N–H and O–H groups in total. The SMILES string of the molecule is CCCCN(C(=O)Nc1cccnc1C(=O)O)C(C)CC. The minimum absolute atomic E-state index is 0.0986. The number of pyridine rings is 1. The Balaban J connectivity index is 2.88. The maximum Gasteiger partial charge on any atom is 0.356 e. The van der Waals surface area contributed by atoms with Crippen molar-refractivity contribution >= 4 is 17.7 Å². The third kappa shape index (κ3) is 4.73. The number of carboxylic acids is 1. The lowest BCUT2D eigenvalue weighted by Crippen LogP contribution is -2.42. The second-order valence-electron chi connectivity index (χ2n) is 4.94. The molecule has 2 amide bonds. The lowest BCUT2D eigenvalue weighted by molar-refractivity contribution is 0.0691. The number of unbranched alkanes of at least 4 members (excludes halogenated alkanes) is 1. The zero-order valence-corrected chi connectivity index (χ0v) is 12.8. The number of anilines is 1. The van der Waals surface area contributed by atoms with Crippen LogP contribution in [0.15, 0.2) is 18.3 Å². The van der Waals surface area contributed by atoms with Gasteiger partial charge in [-0.3, -0.25) is 0 Å². The van der Waals surface area contributed by atoms with Gasteiger partial charge in [0.15, 0.2) is 5.69 Å². The highest BCUT2D eigenvalue weighted by molar-refractivity contribution is 5.98. The largest absolute Gasteiger partial charge is 0.476 e. The molecule has 1 heterocycles. The van der Waals surface area contributed by atoms with E-state index in [0.717, 1.165) is 19.3 Å². The van der Waals surface area contributed by atoms with Crippen LogP contribution in [0.1, 0.15) is 50.5 Å². The smallest absolute Gasteiger partial charge is 0.356 e. The van der Waals surface area contributed by atoms with Crippen molar-refractivity contribution in [1.29, 1.82) is 0 Å². The molecule has 21 heavy (non-hydrogen) atoms. The van der Waals surface area contributed by atoms with Crippen molar-refractivity contribution in [2.45, 2.75) is 46.1 Å². The van der Waals surface area contributed by atoms with Gasteiger partial charge in [-0.2, -0.15) is 0 Å². The number of carbonyl (C=O) groups is 2. The third-order valence-electron chi connectivity index (χ3n) is 3.39. The maximum absolute atomic E-state index is 12.4. The van der Waals surface area contributed by atoms with Gasteiger partial charge in [0.25, 0.3) is 0 Å². The third-order valence-corrected chi connectivity index (χ3v) is 3.39. The van der Waals surface area contributed by atoms with E-state index in [1.54, 1.807) is 17.0 Å². The van der Waals surface area contributed by atoms with Crippen LogP contribution in [-0.2, 0) is 0 Å². The lowest BCUT2D eigenvalue weighted by Gasteiger charge is -2.28. The van der Waals surface area contributed by atoms with Crippen LogP contribution >= 0.6 is 0 Å². The van der Waals surface area contributed by atoms with Crippen molar-refractivity contribution in [1.82, 2.24) is 9.88 Å². The van der Waals surface area contributed by atoms with Crippen LogP contribution in [0.2, 0.25) is 0 Å². The van der Waals surface area contributed by atoms with Crippen LogP contribution in [0.4, 0.5) is 10.5 Å². The summed E-state index contributed by atoms with van der Waals surface area (Å²) in [5.41, 5.74) is 0.0743. The standard InChI is InChI=1S/C15H23N3O3/c1-4-6-10-18(11(3)5-2)15(21)17-12-8-7-9-16-13(12)14(19)20/h7-9,11H,4-6,10H2,1-3H3,(H,17,21)(H,19,20). The first-order valence-corrected chi connectivity index (χ1v) is 7.27. The zero-order chi connectivity index (χ0) is 15.8. The van der Waals surface area contributed by atoms with E-state index in [9.17, 15) is 9.59 Å². The fourth-order valence-corrected chi connectivity index (χ4v) is 1.93. The Morgan fingerprint density at radius 1 is 1.43 bits per heavy atom. The number of nitrogens with zero attached hydrogens (tertiary/aromatic N) is 2. The van der Waals surface area contributed by atoms with Crippen LogP contribution in [0.5, 0.6) is 0 Å². The summed E-state index contributed by atoms with van der Waals surface area (Å²) in [5.74, 6) is -1.16. The van der Waals surface area contributed by atoms with Crippen molar-refractivity contribution in [3.8, 4) is 0 Å². The van der Waals surface area contributed by atoms with E-state index in [2.05, 4.69) is 17.2 Å². The fourth-order valence-electron chi connectivity index (χ4n) is 1.93. The summed E-state index contributed by atoms with van der Waals surface area (Å²) >= 11 is 0. The summed E-state index contributed by atoms with van der Waals surface area (Å²) in [4.78, 5) is 29.0. The highest BCUT2D eigenvalue weighted by atomic mass is 16.4. The van der Waals surface area contributed by atoms with Crippen LogP contribution in [0.25, 0.3) is 0 Å². The Morgan fingerprint density at radius 2 is 2.14 bits per heavy atom. The number of nitrogens with one attached hydrogen (secondary N) is 1. The summed E-state index contributed by atoms with van der Waals surface area (Å²) < 4.78 is 0. The molecule has 0 saturated heterocycles. The molecule has 0 radical (unpaired) electrons. The average Bonchev–Trinajstić information content (AvgIpc) is 2.47. The van der Waals surface area contributed by atoms with Crippen molar-refractivity contribution < 1.29 is 14.7 Å². The van der Waals surface area contributed by atoms with Gasteiger partial charge in [0, 0.05) is 18.8 Å². The molecule has 1 unspecified atom stereocenters. The molecule has 0 saturated carbocycles. The minimum Gasteiger partial charge on any atom is -0.476 e. The molecule has 1 aromatic heterocycles. The van der Waals surface area contributed by atoms with E-state index in [1.165, 1.54) is 6.20 Å². The predicted octanol–water partition coefficient (Wildman–Crippen LogP) is 3.21. The predicted molar refractivity (Wildman–Crippen MR) is 81.6 cm³/mol. The van der Waals surface area contributed by atoms with Crippen molar-refractivity contribution in [2.24, 2.45) is 0 Å². The number of amides is 2. The molecule has 0 spiro atoms. The molecule has 0 bridgehead atoms. The van der Waals surface area contributed by atoms with Gasteiger partial charge in [0.05, 0.1) is 5.69 Å². The van der Waals surface area contributed by atoms with Crippen LogP contribution in [0, 0.1) is 0 Å². The first-order chi connectivity index (χ1) is 10.0. The normalized spacial score (nSPS) is 11.8. The second-order valence-corrected chi connectivity index (χ2v) is 4.94. The molecule has 0 aliphatic carbocycles. The summed E-state index contributed by atoms with van der Waals surface area (Å²) in [7, 11) is 0. The van der Waals surface area contributed by atoms with Crippen molar-refractivity contribution in [3.63, 3.8) is 0 Å². The molecular weight excluding hydrogens is 270 g/mol. The zero-order valence-electron chi connectivity index (χ0n) is 12.8. The van der Waals surface area contributed by atoms with E-state index in [-0.39, 0.29) is 23.5 Å². The molecular formula is C15H23N3O3. The maximum atomic E-state index is 12.4. The Morgan fingerprint density at radius 3 is 2.71 bits per heavy atom. The number of urea groups is 1. The van der Waals surface area contributed by atoms with Gasteiger partial charge in [0.2, 0.25) is 0 Å². The summed E-state index contributed by atoms with van der Waals surface area (Å²) in [6.45, 7) is 6.72. The Labute approximate surface area is 125 Å². The van der Waals surface area contributed by atoms with Gasteiger partial charge < -0.3 is 15.3 Å². The summed E-state index contributed by atoms with van der Waals surface area (Å²) in [6.07, 6.45) is 4.14. The summed E-state index contributed by atoms with van der Waals surface area (Å²) in [6, 6.07) is 2.96. The minimum atomic E-state index is -1.16. The highest BCUT2D eigenvalue weighted by Gasteiger charge is 2.20. The molecule has 1 atom stereocenters. The Bertz CT molecular complexity index is 491. The van der Waals surface area contributed by atoms with Gasteiger partial charge >= 0.3 is 12.0 Å². The van der Waals surface area contributed by atoms with Gasteiger partial charge in [0.1, 0.15) is 0 Å². The van der Waals surface area contributed by atoms with Gasteiger partial charge in [-0.15, -0.1) is 0 Å². The van der Waals surface area contributed by atoms with Gasteiger partial charge in [-0.1, -0.05) is 20.3 Å². The van der Waals surface area contributed by atoms with E-state index in [0.29, 0.717) is 6.54 Å². The second kappa shape index (κ2) is 8.24. The lowest BCUT2D eigenvalue weighted by atomic mass is 10.2. The average molecular weight is 293 g/mol. The van der Waals surface area contributed by atoms with E-state index in [1.807, 2.05) is 13.8 Å².